The van der Waals surface area contributed by atoms with Crippen LogP contribution in [-0.2, 0) is 4.79 Å². The molecular weight excluding hydrogens is 573 g/mol. The van der Waals surface area contributed by atoms with Gasteiger partial charge in [0.25, 0.3) is 5.91 Å². The molecule has 3 aromatic carbocycles. The fourth-order valence-electron chi connectivity index (χ4n) is 4.13. The summed E-state index contributed by atoms with van der Waals surface area (Å²) in [6.07, 6.45) is 1.45. The zero-order valence-corrected chi connectivity index (χ0v) is 23.4. The number of benzene rings is 3. The molecule has 1 N–H and O–H groups in total. The molecule has 0 saturated heterocycles. The van der Waals surface area contributed by atoms with Crippen molar-refractivity contribution in [3.8, 4) is 23.0 Å². The van der Waals surface area contributed by atoms with E-state index in [0.29, 0.717) is 33.5 Å². The van der Waals surface area contributed by atoms with E-state index in [1.165, 1.54) is 80.5 Å². The summed E-state index contributed by atoms with van der Waals surface area (Å²) in [5, 5.41) is 10.9. The summed E-state index contributed by atoms with van der Waals surface area (Å²) in [6, 6.07) is 13.4. The Morgan fingerprint density at radius 3 is 2.39 bits per heavy atom. The second kappa shape index (κ2) is 11.5. The minimum atomic E-state index is -0.713. The maximum Gasteiger partial charge on any atom is 0.343 e. The summed E-state index contributed by atoms with van der Waals surface area (Å²) < 4.78 is 34.9. The van der Waals surface area contributed by atoms with Crippen LogP contribution in [0.1, 0.15) is 21.5 Å². The number of nitrogens with one attached hydrogen (secondary N) is 1. The minimum Gasteiger partial charge on any atom is -0.493 e. The lowest BCUT2D eigenvalue weighted by Crippen LogP contribution is -2.38. The molecule has 208 valence electrons. The van der Waals surface area contributed by atoms with Gasteiger partial charge in [-0.25, -0.2) is 9.18 Å². The maximum atomic E-state index is 13.5. The number of hydrogen-bond donors (Lipinski definition) is 1. The van der Waals surface area contributed by atoms with Gasteiger partial charge in [-0.1, -0.05) is 23.4 Å². The van der Waals surface area contributed by atoms with E-state index in [1.807, 2.05) is 0 Å². The standard InChI is InChI=1S/C29H21ClFN3O6S/c1-37-22-9-6-17(13-23(22)38-2)28(36)40-25-20(30)11-15(12-24(25)39-3)10-19-26(32)34-21(14-41-29(34)33-27(19)35)16-4-7-18(31)8-5-16/h4-14,32H,1-3H3/b19-10-,32-26?. The van der Waals surface area contributed by atoms with Crippen molar-refractivity contribution in [2.24, 2.45) is 4.99 Å². The molecule has 0 radical (unpaired) electrons. The molecular formula is C29H21ClFN3O6S. The normalized spacial score (nSPS) is 15.3. The highest BCUT2D eigenvalue weighted by Crippen LogP contribution is 2.40. The van der Waals surface area contributed by atoms with Gasteiger partial charge in [0.15, 0.2) is 28.2 Å². The molecule has 0 spiro atoms. The van der Waals surface area contributed by atoms with Gasteiger partial charge in [-0.05, 0) is 71.8 Å². The fourth-order valence-corrected chi connectivity index (χ4v) is 5.28. The van der Waals surface area contributed by atoms with E-state index in [4.69, 9.17) is 36.0 Å². The van der Waals surface area contributed by atoms with Crippen molar-refractivity contribution in [3.05, 3.63) is 93.1 Å². The van der Waals surface area contributed by atoms with Crippen LogP contribution < -0.4 is 18.9 Å². The van der Waals surface area contributed by atoms with Crippen LogP contribution in [0.25, 0.3) is 11.8 Å². The molecule has 0 saturated carbocycles. The van der Waals surface area contributed by atoms with Gasteiger partial charge in [-0.2, -0.15) is 4.99 Å². The Bertz CT molecular complexity index is 1690. The molecule has 0 atom stereocenters. The van der Waals surface area contributed by atoms with Gasteiger partial charge in [0.05, 0.1) is 43.2 Å². The van der Waals surface area contributed by atoms with Gasteiger partial charge in [-0.15, -0.1) is 0 Å². The summed E-state index contributed by atoms with van der Waals surface area (Å²) in [5.41, 5.74) is 1.84. The Morgan fingerprint density at radius 1 is 1.00 bits per heavy atom. The number of esters is 1. The molecule has 0 unspecified atom stereocenters. The molecule has 0 aliphatic carbocycles. The molecule has 9 nitrogen and oxygen atoms in total. The summed E-state index contributed by atoms with van der Waals surface area (Å²) in [7, 11) is 4.31. The number of rotatable bonds is 7. The number of fused-ring (bicyclic) bond motifs is 1. The first-order valence-electron chi connectivity index (χ1n) is 11.9. The third kappa shape index (κ3) is 5.41. The Labute approximate surface area is 243 Å². The van der Waals surface area contributed by atoms with Crippen molar-refractivity contribution in [2.75, 3.05) is 21.3 Å². The molecule has 5 rings (SSSR count). The molecule has 2 aliphatic rings. The Hall–Kier alpha value is -4.61. The summed E-state index contributed by atoms with van der Waals surface area (Å²) in [4.78, 5) is 31.4. The molecule has 12 heteroatoms. The second-order valence-corrected chi connectivity index (χ2v) is 9.81. The van der Waals surface area contributed by atoms with E-state index in [2.05, 4.69) is 4.99 Å². The van der Waals surface area contributed by atoms with Crippen LogP contribution in [0.2, 0.25) is 5.02 Å². The number of amides is 1. The van der Waals surface area contributed by atoms with Crippen molar-refractivity contribution in [2.45, 2.75) is 0 Å². The van der Waals surface area contributed by atoms with E-state index in [-0.39, 0.29) is 39.3 Å². The monoisotopic (exact) mass is 593 g/mol. The quantitative estimate of drug-likeness (QED) is 0.201. The average molecular weight is 594 g/mol. The SMILES string of the molecule is COc1ccc(C(=O)Oc2c(Cl)cc(/C=C3/C(=N)N4C(c5ccc(F)cc5)=CSC4=NC3=O)cc2OC)cc1OC. The zero-order chi connectivity index (χ0) is 29.3. The molecule has 0 aromatic heterocycles. The first-order valence-corrected chi connectivity index (χ1v) is 13.2. The molecule has 3 aromatic rings. The summed E-state index contributed by atoms with van der Waals surface area (Å²) >= 11 is 7.69. The van der Waals surface area contributed by atoms with Gasteiger partial charge in [0.1, 0.15) is 11.7 Å². The lowest BCUT2D eigenvalue weighted by atomic mass is 10.1. The number of carbonyl (C=O) groups excluding carboxylic acids is 2. The van der Waals surface area contributed by atoms with Gasteiger partial charge in [0, 0.05) is 5.41 Å². The van der Waals surface area contributed by atoms with Crippen LogP contribution in [0.3, 0.4) is 0 Å². The number of nitrogens with zero attached hydrogens (tertiary/aromatic N) is 2. The number of aliphatic imine (C=N–C) groups is 1. The third-order valence-electron chi connectivity index (χ3n) is 6.13. The van der Waals surface area contributed by atoms with E-state index in [1.54, 1.807) is 23.6 Å². The minimum absolute atomic E-state index is 0.00236. The molecule has 41 heavy (non-hydrogen) atoms. The van der Waals surface area contributed by atoms with Gasteiger partial charge >= 0.3 is 5.97 Å². The Kier molecular flexibility index (Phi) is 7.82. The molecule has 0 fully saturated rings. The van der Waals surface area contributed by atoms with Crippen molar-refractivity contribution in [1.29, 1.82) is 5.41 Å². The number of amidine groups is 2. The van der Waals surface area contributed by atoms with Crippen LogP contribution in [0.5, 0.6) is 23.0 Å². The highest BCUT2D eigenvalue weighted by atomic mass is 35.5. The van der Waals surface area contributed by atoms with E-state index in [0.717, 1.165) is 0 Å². The maximum absolute atomic E-state index is 13.5. The lowest BCUT2D eigenvalue weighted by molar-refractivity contribution is -0.114. The lowest BCUT2D eigenvalue weighted by Gasteiger charge is -2.27. The van der Waals surface area contributed by atoms with Crippen LogP contribution in [0.15, 0.2) is 70.6 Å². The van der Waals surface area contributed by atoms with Crippen LogP contribution in [-0.4, -0.2) is 49.1 Å². The smallest absolute Gasteiger partial charge is 0.343 e. The van der Waals surface area contributed by atoms with Crippen molar-refractivity contribution >= 4 is 58.0 Å². The van der Waals surface area contributed by atoms with E-state index < -0.39 is 11.9 Å². The number of thioether (sulfide) groups is 1. The Morgan fingerprint density at radius 2 is 1.71 bits per heavy atom. The predicted octanol–water partition coefficient (Wildman–Crippen LogP) is 6.03. The van der Waals surface area contributed by atoms with Crippen molar-refractivity contribution < 1.29 is 32.9 Å². The van der Waals surface area contributed by atoms with Crippen LogP contribution in [0, 0.1) is 11.2 Å². The summed E-state index contributed by atoms with van der Waals surface area (Å²) in [6.45, 7) is 0. The van der Waals surface area contributed by atoms with E-state index >= 15 is 0 Å². The first-order chi connectivity index (χ1) is 19.7. The zero-order valence-electron chi connectivity index (χ0n) is 21.9. The second-order valence-electron chi connectivity index (χ2n) is 8.56. The number of methoxy groups -OCH3 is 3. The predicted molar refractivity (Wildman–Crippen MR) is 154 cm³/mol. The van der Waals surface area contributed by atoms with Crippen molar-refractivity contribution in [1.82, 2.24) is 4.90 Å². The average Bonchev–Trinajstić information content (AvgIpc) is 3.40. The van der Waals surface area contributed by atoms with Crippen molar-refractivity contribution in [3.63, 3.8) is 0 Å². The van der Waals surface area contributed by atoms with Gasteiger partial charge in [0.2, 0.25) is 0 Å². The highest BCUT2D eigenvalue weighted by Gasteiger charge is 2.36. The third-order valence-corrected chi connectivity index (χ3v) is 7.24. The Balaban J connectivity index is 1.44. The van der Waals surface area contributed by atoms with Gasteiger partial charge in [-0.3, -0.25) is 15.1 Å². The summed E-state index contributed by atoms with van der Waals surface area (Å²) in [5.74, 6) is -0.927. The fraction of sp³-hybridized carbons (Fsp3) is 0.103. The van der Waals surface area contributed by atoms with Crippen LogP contribution >= 0.6 is 23.4 Å². The molecule has 2 heterocycles. The number of carbonyl (C=O) groups is 2. The molecule has 0 bridgehead atoms. The van der Waals surface area contributed by atoms with E-state index in [9.17, 15) is 14.0 Å². The molecule has 1 amide bonds. The topological polar surface area (TPSA) is 111 Å². The molecule has 2 aliphatic heterocycles. The van der Waals surface area contributed by atoms with Gasteiger partial charge < -0.3 is 18.9 Å². The number of hydrogen-bond acceptors (Lipinski definition) is 8. The highest BCUT2D eigenvalue weighted by molar-refractivity contribution is 8.17. The number of ether oxygens (including phenoxy) is 4. The first kappa shape index (κ1) is 27.9. The van der Waals surface area contributed by atoms with Crippen LogP contribution in [0.4, 0.5) is 4.39 Å². The largest absolute Gasteiger partial charge is 0.493 e. The number of halogens is 2.